The molecule has 0 heterocycles. The van der Waals surface area contributed by atoms with Crippen molar-refractivity contribution >= 4 is 15.7 Å². The number of nitrogens with one attached hydrogen (secondary N) is 2. The molecule has 0 aliphatic rings. The highest BCUT2D eigenvalue weighted by molar-refractivity contribution is 7.89. The summed E-state index contributed by atoms with van der Waals surface area (Å²) in [6.07, 6.45) is -0.418. The van der Waals surface area contributed by atoms with E-state index in [4.69, 9.17) is 9.47 Å². The molecule has 6 nitrogen and oxygen atoms in total. The number of ether oxygens (including phenoxy) is 2. The summed E-state index contributed by atoms with van der Waals surface area (Å²) >= 11 is 0. The minimum Gasteiger partial charge on any atom is -0.377 e. The van der Waals surface area contributed by atoms with Gasteiger partial charge in [0.2, 0.25) is 10.0 Å². The predicted octanol–water partition coefficient (Wildman–Crippen LogP) is 1.32. The summed E-state index contributed by atoms with van der Waals surface area (Å²) in [4.78, 5) is 0.215. The Morgan fingerprint density at radius 2 is 1.80 bits per heavy atom. The van der Waals surface area contributed by atoms with Crippen LogP contribution in [0.1, 0.15) is 12.5 Å². The maximum atomic E-state index is 11.8. The van der Waals surface area contributed by atoms with Crippen LogP contribution in [-0.4, -0.2) is 42.0 Å². The zero-order valence-corrected chi connectivity index (χ0v) is 13.2. The van der Waals surface area contributed by atoms with Gasteiger partial charge >= 0.3 is 0 Å². The summed E-state index contributed by atoms with van der Waals surface area (Å²) in [6.45, 7) is 3.80. The molecule has 20 heavy (non-hydrogen) atoms. The van der Waals surface area contributed by atoms with Crippen molar-refractivity contribution in [3.05, 3.63) is 23.8 Å². The Morgan fingerprint density at radius 1 is 1.20 bits per heavy atom. The number of hydrogen-bond donors (Lipinski definition) is 2. The number of hydrogen-bond acceptors (Lipinski definition) is 5. The molecule has 0 saturated carbocycles. The maximum absolute atomic E-state index is 11.8. The molecule has 0 bridgehead atoms. The van der Waals surface area contributed by atoms with Gasteiger partial charge < -0.3 is 14.8 Å². The van der Waals surface area contributed by atoms with Gasteiger partial charge in [0.1, 0.15) is 0 Å². The Balaban J connectivity index is 3.04. The van der Waals surface area contributed by atoms with Crippen LogP contribution in [-0.2, 0) is 19.5 Å². The van der Waals surface area contributed by atoms with E-state index in [0.717, 1.165) is 11.3 Å². The van der Waals surface area contributed by atoms with E-state index in [9.17, 15) is 8.42 Å². The molecule has 7 heteroatoms. The van der Waals surface area contributed by atoms with Gasteiger partial charge in [-0.05, 0) is 38.6 Å². The fourth-order valence-electron chi connectivity index (χ4n) is 1.86. The standard InChI is InChI=1S/C13H22N2O4S/c1-9-6-7-11(20(16,17)14-3)8-12(9)15-10(2)13(18-4)19-5/h6-8,10,13-15H,1-5H3. The van der Waals surface area contributed by atoms with E-state index in [1.165, 1.54) is 7.05 Å². The van der Waals surface area contributed by atoms with E-state index < -0.39 is 16.3 Å². The van der Waals surface area contributed by atoms with Gasteiger partial charge in [-0.2, -0.15) is 0 Å². The highest BCUT2D eigenvalue weighted by Gasteiger charge is 2.18. The topological polar surface area (TPSA) is 76.7 Å². The van der Waals surface area contributed by atoms with Crippen molar-refractivity contribution in [2.75, 3.05) is 26.6 Å². The number of benzene rings is 1. The van der Waals surface area contributed by atoms with E-state index in [2.05, 4.69) is 10.0 Å². The Kier molecular flexibility index (Phi) is 5.94. The SMILES string of the molecule is CNS(=O)(=O)c1ccc(C)c(NC(C)C(OC)OC)c1. The van der Waals surface area contributed by atoms with Crippen LogP contribution in [0.25, 0.3) is 0 Å². The fraction of sp³-hybridized carbons (Fsp3) is 0.538. The number of anilines is 1. The average Bonchev–Trinajstić information content (AvgIpc) is 2.42. The van der Waals surface area contributed by atoms with E-state index in [0.29, 0.717) is 0 Å². The maximum Gasteiger partial charge on any atom is 0.240 e. The zero-order chi connectivity index (χ0) is 15.3. The quantitative estimate of drug-likeness (QED) is 0.743. The first-order chi connectivity index (χ1) is 9.35. The number of methoxy groups -OCH3 is 2. The van der Waals surface area contributed by atoms with E-state index >= 15 is 0 Å². The Bertz CT molecular complexity index is 541. The monoisotopic (exact) mass is 302 g/mol. The molecule has 114 valence electrons. The molecule has 0 spiro atoms. The lowest BCUT2D eigenvalue weighted by molar-refractivity contribution is -0.109. The van der Waals surface area contributed by atoms with Crippen molar-refractivity contribution < 1.29 is 17.9 Å². The van der Waals surface area contributed by atoms with Crippen LogP contribution in [0.15, 0.2) is 23.1 Å². The summed E-state index contributed by atoms with van der Waals surface area (Å²) in [7, 11) is 1.04. The smallest absolute Gasteiger partial charge is 0.240 e. The largest absolute Gasteiger partial charge is 0.377 e. The van der Waals surface area contributed by atoms with Gasteiger partial charge in [-0.25, -0.2) is 13.1 Å². The molecule has 0 saturated heterocycles. The normalized spacial score (nSPS) is 13.5. The van der Waals surface area contributed by atoms with Crippen molar-refractivity contribution in [3.63, 3.8) is 0 Å². The van der Waals surface area contributed by atoms with E-state index in [1.54, 1.807) is 32.4 Å². The van der Waals surface area contributed by atoms with Crippen molar-refractivity contribution in [2.24, 2.45) is 0 Å². The third-order valence-electron chi connectivity index (χ3n) is 3.04. The van der Waals surface area contributed by atoms with Crippen LogP contribution in [0.3, 0.4) is 0 Å². The van der Waals surface area contributed by atoms with Crippen LogP contribution in [0.2, 0.25) is 0 Å². The van der Waals surface area contributed by atoms with Gasteiger partial charge in [0, 0.05) is 19.9 Å². The lowest BCUT2D eigenvalue weighted by atomic mass is 10.2. The van der Waals surface area contributed by atoms with Gasteiger partial charge in [-0.1, -0.05) is 6.07 Å². The lowest BCUT2D eigenvalue weighted by Crippen LogP contribution is -2.34. The van der Waals surface area contributed by atoms with E-state index in [1.807, 2.05) is 13.8 Å². The van der Waals surface area contributed by atoms with Gasteiger partial charge in [0.05, 0.1) is 10.9 Å². The number of aryl methyl sites for hydroxylation is 1. The highest BCUT2D eigenvalue weighted by Crippen LogP contribution is 2.21. The summed E-state index contributed by atoms with van der Waals surface area (Å²) in [5, 5.41) is 3.21. The first kappa shape index (κ1) is 16.9. The molecule has 0 aliphatic carbocycles. The second kappa shape index (κ2) is 7.03. The molecule has 1 aromatic carbocycles. The van der Waals surface area contributed by atoms with Gasteiger partial charge in [0.15, 0.2) is 6.29 Å². The minimum atomic E-state index is -3.46. The van der Waals surface area contributed by atoms with Crippen molar-refractivity contribution in [3.8, 4) is 0 Å². The van der Waals surface area contributed by atoms with Crippen molar-refractivity contribution in [1.82, 2.24) is 4.72 Å². The Morgan fingerprint density at radius 3 is 2.30 bits per heavy atom. The predicted molar refractivity (Wildman–Crippen MR) is 78.3 cm³/mol. The summed E-state index contributed by atoms with van der Waals surface area (Å²) in [6, 6.07) is 4.80. The number of rotatable bonds is 7. The van der Waals surface area contributed by atoms with Crippen molar-refractivity contribution in [2.45, 2.75) is 31.1 Å². The molecular formula is C13H22N2O4S. The molecule has 2 N–H and O–H groups in total. The summed E-state index contributed by atoms with van der Waals surface area (Å²) in [5.74, 6) is 0. The Hall–Kier alpha value is -1.15. The molecule has 1 rings (SSSR count). The van der Waals surface area contributed by atoms with Crippen LogP contribution < -0.4 is 10.0 Å². The van der Waals surface area contributed by atoms with Crippen LogP contribution in [0.5, 0.6) is 0 Å². The summed E-state index contributed by atoms with van der Waals surface area (Å²) in [5.41, 5.74) is 1.67. The Labute approximate surface area is 120 Å². The van der Waals surface area contributed by atoms with Gasteiger partial charge in [-0.15, -0.1) is 0 Å². The molecule has 1 atom stereocenters. The zero-order valence-electron chi connectivity index (χ0n) is 12.4. The van der Waals surface area contributed by atoms with Crippen LogP contribution in [0, 0.1) is 6.92 Å². The minimum absolute atomic E-state index is 0.128. The van der Waals surface area contributed by atoms with Gasteiger partial charge in [0.25, 0.3) is 0 Å². The molecule has 0 amide bonds. The fourth-order valence-corrected chi connectivity index (χ4v) is 2.62. The molecule has 1 unspecified atom stereocenters. The second-order valence-electron chi connectivity index (χ2n) is 4.46. The molecule has 0 aliphatic heterocycles. The summed E-state index contributed by atoms with van der Waals surface area (Å²) < 4.78 is 36.3. The first-order valence-corrected chi connectivity index (χ1v) is 7.70. The number of sulfonamides is 1. The van der Waals surface area contributed by atoms with E-state index in [-0.39, 0.29) is 10.9 Å². The average molecular weight is 302 g/mol. The van der Waals surface area contributed by atoms with Crippen LogP contribution >= 0.6 is 0 Å². The van der Waals surface area contributed by atoms with Crippen LogP contribution in [0.4, 0.5) is 5.69 Å². The molecule has 0 aromatic heterocycles. The molecule has 0 radical (unpaired) electrons. The molecule has 0 fully saturated rings. The van der Waals surface area contributed by atoms with Crippen molar-refractivity contribution in [1.29, 1.82) is 0 Å². The highest BCUT2D eigenvalue weighted by atomic mass is 32.2. The molecular weight excluding hydrogens is 280 g/mol. The van der Waals surface area contributed by atoms with Gasteiger partial charge in [-0.3, -0.25) is 0 Å². The third-order valence-corrected chi connectivity index (χ3v) is 4.46. The third kappa shape index (κ3) is 3.92. The first-order valence-electron chi connectivity index (χ1n) is 6.22. The molecule has 1 aromatic rings. The lowest BCUT2D eigenvalue weighted by Gasteiger charge is -2.24. The second-order valence-corrected chi connectivity index (χ2v) is 6.34.